The summed E-state index contributed by atoms with van der Waals surface area (Å²) >= 11 is 5.99. The van der Waals surface area contributed by atoms with E-state index in [9.17, 15) is 4.79 Å². The normalized spacial score (nSPS) is 11.8. The molecule has 1 aromatic carbocycles. The molecule has 3 rings (SSSR count). The van der Waals surface area contributed by atoms with Gasteiger partial charge in [0.2, 0.25) is 0 Å². The van der Waals surface area contributed by atoms with Crippen LogP contribution in [0.25, 0.3) is 0 Å². The summed E-state index contributed by atoms with van der Waals surface area (Å²) in [6, 6.07) is 12.8. The third-order valence-electron chi connectivity index (χ3n) is 4.12. The van der Waals surface area contributed by atoms with Crippen molar-refractivity contribution in [1.82, 2.24) is 9.88 Å². The van der Waals surface area contributed by atoms with Crippen LogP contribution >= 0.6 is 11.6 Å². The van der Waals surface area contributed by atoms with E-state index in [0.29, 0.717) is 29.6 Å². The monoisotopic (exact) mass is 384 g/mol. The first-order valence-corrected chi connectivity index (χ1v) is 9.03. The first-order chi connectivity index (χ1) is 13.0. The molecule has 0 fully saturated rings. The molecule has 0 saturated carbocycles. The molecule has 0 aliphatic carbocycles. The molecular formula is C21H21ClN2O3. The minimum absolute atomic E-state index is 0.135. The van der Waals surface area contributed by atoms with Crippen LogP contribution in [0.3, 0.4) is 0 Å². The van der Waals surface area contributed by atoms with Gasteiger partial charge in [-0.05, 0) is 61.4 Å². The number of carbonyl (C=O) groups is 1. The second kappa shape index (κ2) is 8.73. The molecule has 0 aliphatic rings. The van der Waals surface area contributed by atoms with Crippen LogP contribution in [0, 0.1) is 6.92 Å². The van der Waals surface area contributed by atoms with E-state index in [-0.39, 0.29) is 5.91 Å². The number of amides is 1. The van der Waals surface area contributed by atoms with Crippen LogP contribution in [0.1, 0.15) is 23.8 Å². The Morgan fingerprint density at radius 2 is 2.11 bits per heavy atom. The summed E-state index contributed by atoms with van der Waals surface area (Å²) in [5, 5.41) is 0.634. The Morgan fingerprint density at radius 3 is 2.78 bits per heavy atom. The van der Waals surface area contributed by atoms with Crippen molar-refractivity contribution >= 4 is 17.5 Å². The number of aromatic nitrogens is 1. The SMILES string of the molecule is Cc1cc(Cl)ccc1OC(C)C(=O)N(Cc1cccnc1)Cc1ccco1. The highest BCUT2D eigenvalue weighted by Gasteiger charge is 2.24. The molecule has 140 valence electrons. The van der Waals surface area contributed by atoms with Crippen molar-refractivity contribution in [2.75, 3.05) is 0 Å². The lowest BCUT2D eigenvalue weighted by Crippen LogP contribution is -2.39. The maximum Gasteiger partial charge on any atom is 0.264 e. The maximum atomic E-state index is 13.1. The molecular weight excluding hydrogens is 364 g/mol. The molecule has 3 aromatic rings. The number of furan rings is 1. The van der Waals surface area contributed by atoms with Gasteiger partial charge in [-0.3, -0.25) is 9.78 Å². The summed E-state index contributed by atoms with van der Waals surface area (Å²) in [5.74, 6) is 1.21. The number of pyridine rings is 1. The van der Waals surface area contributed by atoms with Gasteiger partial charge in [-0.1, -0.05) is 17.7 Å². The van der Waals surface area contributed by atoms with E-state index in [2.05, 4.69) is 4.98 Å². The van der Waals surface area contributed by atoms with Crippen LogP contribution in [0.2, 0.25) is 5.02 Å². The molecule has 2 heterocycles. The highest BCUT2D eigenvalue weighted by atomic mass is 35.5. The minimum Gasteiger partial charge on any atom is -0.481 e. The lowest BCUT2D eigenvalue weighted by atomic mass is 10.2. The minimum atomic E-state index is -0.656. The van der Waals surface area contributed by atoms with E-state index in [1.54, 1.807) is 48.7 Å². The molecule has 0 aliphatic heterocycles. The molecule has 1 atom stereocenters. The lowest BCUT2D eigenvalue weighted by molar-refractivity contribution is -0.139. The largest absolute Gasteiger partial charge is 0.481 e. The average molecular weight is 385 g/mol. The molecule has 2 aromatic heterocycles. The van der Waals surface area contributed by atoms with Crippen molar-refractivity contribution in [3.8, 4) is 5.75 Å². The summed E-state index contributed by atoms with van der Waals surface area (Å²) < 4.78 is 11.3. The Labute approximate surface area is 163 Å². The third kappa shape index (κ3) is 5.11. The predicted octanol–water partition coefficient (Wildman–Crippen LogP) is 4.63. The Balaban J connectivity index is 1.76. The standard InChI is InChI=1S/C21H21ClN2O3/c1-15-11-18(22)7-8-20(15)27-16(2)21(25)24(14-19-6-4-10-26-19)13-17-5-3-9-23-12-17/h3-12,16H,13-14H2,1-2H3. The number of halogens is 1. The molecule has 5 nitrogen and oxygen atoms in total. The Morgan fingerprint density at radius 1 is 1.26 bits per heavy atom. The topological polar surface area (TPSA) is 55.6 Å². The summed E-state index contributed by atoms with van der Waals surface area (Å²) in [5.41, 5.74) is 1.82. The third-order valence-corrected chi connectivity index (χ3v) is 4.36. The van der Waals surface area contributed by atoms with Gasteiger partial charge in [0.05, 0.1) is 12.8 Å². The second-order valence-corrected chi connectivity index (χ2v) is 6.74. The first kappa shape index (κ1) is 19.0. The number of benzene rings is 1. The summed E-state index contributed by atoms with van der Waals surface area (Å²) in [7, 11) is 0. The smallest absolute Gasteiger partial charge is 0.264 e. The first-order valence-electron chi connectivity index (χ1n) is 8.66. The van der Waals surface area contributed by atoms with Gasteiger partial charge >= 0.3 is 0 Å². The molecule has 0 saturated heterocycles. The van der Waals surface area contributed by atoms with Crippen LogP contribution in [0.15, 0.2) is 65.5 Å². The summed E-state index contributed by atoms with van der Waals surface area (Å²) in [6.07, 6.45) is 4.39. The number of hydrogen-bond acceptors (Lipinski definition) is 4. The van der Waals surface area contributed by atoms with Gasteiger partial charge in [-0.2, -0.15) is 0 Å². The van der Waals surface area contributed by atoms with E-state index < -0.39 is 6.10 Å². The van der Waals surface area contributed by atoms with Crippen molar-refractivity contribution in [2.24, 2.45) is 0 Å². The molecule has 1 amide bonds. The fourth-order valence-electron chi connectivity index (χ4n) is 2.76. The van der Waals surface area contributed by atoms with Crippen LogP contribution < -0.4 is 4.74 Å². The van der Waals surface area contributed by atoms with Crippen molar-refractivity contribution < 1.29 is 13.9 Å². The van der Waals surface area contributed by atoms with Gasteiger partial charge in [0, 0.05) is 24.0 Å². The van der Waals surface area contributed by atoms with E-state index >= 15 is 0 Å². The van der Waals surface area contributed by atoms with E-state index in [1.165, 1.54) is 0 Å². The summed E-state index contributed by atoms with van der Waals surface area (Å²) in [4.78, 5) is 18.9. The van der Waals surface area contributed by atoms with E-state index in [4.69, 9.17) is 20.8 Å². The highest BCUT2D eigenvalue weighted by Crippen LogP contribution is 2.23. The van der Waals surface area contributed by atoms with Crippen molar-refractivity contribution in [2.45, 2.75) is 33.0 Å². The molecule has 27 heavy (non-hydrogen) atoms. The van der Waals surface area contributed by atoms with E-state index in [0.717, 1.165) is 11.1 Å². The van der Waals surface area contributed by atoms with Gasteiger partial charge in [0.15, 0.2) is 6.10 Å². The fraction of sp³-hybridized carbons (Fsp3) is 0.238. The molecule has 0 spiro atoms. The molecule has 1 unspecified atom stereocenters. The Bertz CT molecular complexity index is 882. The molecule has 0 N–H and O–H groups in total. The zero-order valence-corrected chi connectivity index (χ0v) is 16.0. The lowest BCUT2D eigenvalue weighted by Gasteiger charge is -2.26. The number of nitrogens with zero attached hydrogens (tertiary/aromatic N) is 2. The fourth-order valence-corrected chi connectivity index (χ4v) is 2.98. The molecule has 0 bridgehead atoms. The number of carbonyl (C=O) groups excluding carboxylic acids is 1. The van der Waals surface area contributed by atoms with Gasteiger partial charge in [-0.25, -0.2) is 0 Å². The number of aryl methyl sites for hydroxylation is 1. The van der Waals surface area contributed by atoms with Gasteiger partial charge in [0.25, 0.3) is 5.91 Å². The van der Waals surface area contributed by atoms with Crippen LogP contribution in [-0.2, 0) is 17.9 Å². The zero-order valence-electron chi connectivity index (χ0n) is 15.3. The average Bonchev–Trinajstić information content (AvgIpc) is 3.17. The quantitative estimate of drug-likeness (QED) is 0.595. The van der Waals surface area contributed by atoms with Crippen LogP contribution in [0.5, 0.6) is 5.75 Å². The van der Waals surface area contributed by atoms with Crippen molar-refractivity contribution in [3.05, 3.63) is 83.0 Å². The zero-order chi connectivity index (χ0) is 19.2. The summed E-state index contributed by atoms with van der Waals surface area (Å²) in [6.45, 7) is 4.41. The molecule has 6 heteroatoms. The maximum absolute atomic E-state index is 13.1. The highest BCUT2D eigenvalue weighted by molar-refractivity contribution is 6.30. The predicted molar refractivity (Wildman–Crippen MR) is 103 cm³/mol. The van der Waals surface area contributed by atoms with E-state index in [1.807, 2.05) is 31.2 Å². The van der Waals surface area contributed by atoms with Gasteiger partial charge < -0.3 is 14.1 Å². The number of hydrogen-bond donors (Lipinski definition) is 0. The van der Waals surface area contributed by atoms with Crippen molar-refractivity contribution in [3.63, 3.8) is 0 Å². The van der Waals surface area contributed by atoms with Gasteiger partial charge in [-0.15, -0.1) is 0 Å². The van der Waals surface area contributed by atoms with Crippen LogP contribution in [0.4, 0.5) is 0 Å². The number of rotatable bonds is 7. The Kier molecular flexibility index (Phi) is 6.14. The molecule has 0 radical (unpaired) electrons. The van der Waals surface area contributed by atoms with Gasteiger partial charge in [0.1, 0.15) is 11.5 Å². The van der Waals surface area contributed by atoms with Crippen molar-refractivity contribution in [1.29, 1.82) is 0 Å². The Hall–Kier alpha value is -2.79. The van der Waals surface area contributed by atoms with Crippen LogP contribution in [-0.4, -0.2) is 21.9 Å². The number of ether oxygens (including phenoxy) is 1. The second-order valence-electron chi connectivity index (χ2n) is 6.30.